The van der Waals surface area contributed by atoms with Gasteiger partial charge < -0.3 is 25.8 Å². The van der Waals surface area contributed by atoms with Gasteiger partial charge in [0.15, 0.2) is 11.6 Å². The molecular weight excluding hydrogens is 410 g/mol. The Morgan fingerprint density at radius 3 is 2.81 bits per heavy atom. The highest BCUT2D eigenvalue weighted by Crippen LogP contribution is 2.33. The van der Waals surface area contributed by atoms with Gasteiger partial charge in [-0.1, -0.05) is 0 Å². The van der Waals surface area contributed by atoms with Crippen LogP contribution in [0.15, 0.2) is 42.7 Å². The summed E-state index contributed by atoms with van der Waals surface area (Å²) >= 11 is 0. The van der Waals surface area contributed by atoms with Crippen LogP contribution in [0, 0.1) is 11.6 Å². The quantitative estimate of drug-likeness (QED) is 0.528. The maximum Gasteiger partial charge on any atom is 0.407 e. The number of nitrogen functional groups attached to an aromatic ring is 1. The number of carboxylic acid groups (broad SMARTS) is 1. The summed E-state index contributed by atoms with van der Waals surface area (Å²) in [6.45, 7) is 0.753. The van der Waals surface area contributed by atoms with Crippen LogP contribution in [0.1, 0.15) is 6.42 Å². The van der Waals surface area contributed by atoms with Crippen LogP contribution in [0.4, 0.5) is 25.2 Å². The predicted molar refractivity (Wildman–Crippen MR) is 108 cm³/mol. The number of nitrogens with one attached hydrogen (secondary N) is 1. The van der Waals surface area contributed by atoms with Gasteiger partial charge in [0.1, 0.15) is 0 Å². The summed E-state index contributed by atoms with van der Waals surface area (Å²) in [6, 6.07) is 7.23. The highest BCUT2D eigenvalue weighted by Gasteiger charge is 2.26. The Morgan fingerprint density at radius 2 is 2.03 bits per heavy atom. The molecular formula is C20H18F2N6O3. The normalized spacial score (nSPS) is 15.7. The van der Waals surface area contributed by atoms with Gasteiger partial charge in [0.25, 0.3) is 0 Å². The maximum atomic E-state index is 14.2. The topological polar surface area (TPSA) is 126 Å². The van der Waals surface area contributed by atoms with Crippen molar-refractivity contribution in [1.29, 1.82) is 0 Å². The van der Waals surface area contributed by atoms with Crippen molar-refractivity contribution in [1.82, 2.24) is 19.9 Å². The zero-order valence-corrected chi connectivity index (χ0v) is 16.1. The minimum Gasteiger partial charge on any atom is -0.465 e. The summed E-state index contributed by atoms with van der Waals surface area (Å²) in [5.74, 6) is -2.46. The molecule has 1 saturated heterocycles. The summed E-state index contributed by atoms with van der Waals surface area (Å²) < 4.78 is 33.5. The number of halogens is 2. The van der Waals surface area contributed by atoms with E-state index in [9.17, 15) is 13.6 Å². The minimum atomic E-state index is -1.22. The third-order valence-corrected chi connectivity index (χ3v) is 4.78. The molecule has 1 fully saturated rings. The van der Waals surface area contributed by atoms with E-state index in [-0.39, 0.29) is 23.4 Å². The molecule has 0 saturated carbocycles. The van der Waals surface area contributed by atoms with Crippen LogP contribution in [-0.4, -0.2) is 50.2 Å². The molecule has 1 atom stereocenters. The van der Waals surface area contributed by atoms with Gasteiger partial charge in [0.05, 0.1) is 16.9 Å². The summed E-state index contributed by atoms with van der Waals surface area (Å²) in [5, 5.41) is 12.2. The van der Waals surface area contributed by atoms with Gasteiger partial charge in [-0.05, 0) is 36.8 Å². The second kappa shape index (κ2) is 8.38. The second-order valence-corrected chi connectivity index (χ2v) is 6.86. The number of likely N-dealkylation sites (tertiary alicyclic amines) is 1. The number of anilines is 2. The average molecular weight is 428 g/mol. The van der Waals surface area contributed by atoms with Crippen molar-refractivity contribution in [3.63, 3.8) is 0 Å². The van der Waals surface area contributed by atoms with Crippen molar-refractivity contribution in [2.45, 2.75) is 12.5 Å². The fraction of sp³-hybridized carbons (Fsp3) is 0.200. The molecule has 4 N–H and O–H groups in total. The number of hydrogen-bond donors (Lipinski definition) is 3. The van der Waals surface area contributed by atoms with Crippen molar-refractivity contribution in [2.75, 3.05) is 24.1 Å². The molecule has 11 heteroatoms. The molecule has 0 radical (unpaired) electrons. The zero-order chi connectivity index (χ0) is 22.0. The number of carbonyl (C=O) groups is 1. The molecule has 0 unspecified atom stereocenters. The number of rotatable bonds is 5. The highest BCUT2D eigenvalue weighted by atomic mass is 19.2. The van der Waals surface area contributed by atoms with E-state index in [4.69, 9.17) is 15.6 Å². The fourth-order valence-electron chi connectivity index (χ4n) is 3.21. The van der Waals surface area contributed by atoms with Gasteiger partial charge in [0.2, 0.25) is 17.6 Å². The lowest BCUT2D eigenvalue weighted by atomic mass is 10.2. The molecule has 160 valence electrons. The summed E-state index contributed by atoms with van der Waals surface area (Å²) in [7, 11) is 0. The predicted octanol–water partition coefficient (Wildman–Crippen LogP) is 3.36. The van der Waals surface area contributed by atoms with E-state index >= 15 is 0 Å². The van der Waals surface area contributed by atoms with Gasteiger partial charge in [0, 0.05) is 31.5 Å². The monoisotopic (exact) mass is 428 g/mol. The summed E-state index contributed by atoms with van der Waals surface area (Å²) in [5.41, 5.74) is 5.91. The van der Waals surface area contributed by atoms with Crippen LogP contribution in [0.2, 0.25) is 0 Å². The third kappa shape index (κ3) is 4.29. The van der Waals surface area contributed by atoms with Gasteiger partial charge in [-0.15, -0.1) is 0 Å². The second-order valence-electron chi connectivity index (χ2n) is 6.86. The van der Waals surface area contributed by atoms with Crippen molar-refractivity contribution >= 4 is 17.7 Å². The molecule has 1 aliphatic rings. The maximum absolute atomic E-state index is 14.2. The number of benzene rings is 1. The molecule has 3 aromatic rings. The Balaban J connectivity index is 1.58. The Bertz CT molecular complexity index is 1130. The smallest absolute Gasteiger partial charge is 0.407 e. The fourth-order valence-corrected chi connectivity index (χ4v) is 3.21. The lowest BCUT2D eigenvalue weighted by Crippen LogP contribution is -2.30. The molecule has 0 spiro atoms. The molecule has 1 amide bonds. The van der Waals surface area contributed by atoms with E-state index < -0.39 is 17.7 Å². The average Bonchev–Trinajstić information content (AvgIpc) is 3.23. The van der Waals surface area contributed by atoms with E-state index in [1.807, 2.05) is 0 Å². The van der Waals surface area contributed by atoms with Crippen LogP contribution in [0.25, 0.3) is 11.3 Å². The first kappa shape index (κ1) is 20.3. The van der Waals surface area contributed by atoms with E-state index in [1.165, 1.54) is 29.4 Å². The Morgan fingerprint density at radius 1 is 1.19 bits per heavy atom. The summed E-state index contributed by atoms with van der Waals surface area (Å²) in [4.78, 5) is 25.1. The molecule has 31 heavy (non-hydrogen) atoms. The van der Waals surface area contributed by atoms with Crippen LogP contribution < -0.4 is 15.8 Å². The molecule has 0 aliphatic carbocycles. The Labute approximate surface area is 175 Å². The van der Waals surface area contributed by atoms with E-state index in [2.05, 4.69) is 20.3 Å². The molecule has 0 bridgehead atoms. The van der Waals surface area contributed by atoms with Gasteiger partial charge in [-0.3, -0.25) is 0 Å². The van der Waals surface area contributed by atoms with Crippen molar-refractivity contribution in [3.8, 4) is 22.9 Å². The highest BCUT2D eigenvalue weighted by molar-refractivity contribution is 5.67. The lowest BCUT2D eigenvalue weighted by Gasteiger charge is -2.15. The number of pyridine rings is 1. The Hall–Kier alpha value is -4.02. The van der Waals surface area contributed by atoms with Crippen molar-refractivity contribution < 1.29 is 23.4 Å². The minimum absolute atomic E-state index is 0.0214. The van der Waals surface area contributed by atoms with E-state index in [1.54, 1.807) is 18.2 Å². The summed E-state index contributed by atoms with van der Waals surface area (Å²) in [6.07, 6.45) is 2.63. The van der Waals surface area contributed by atoms with Gasteiger partial charge in [-0.2, -0.15) is 4.39 Å². The first-order valence-electron chi connectivity index (χ1n) is 9.36. The van der Waals surface area contributed by atoms with Crippen molar-refractivity contribution in [2.24, 2.45) is 0 Å². The standard InChI is InChI=1S/C20H18F2N6O3/c21-16-13(23)3-4-15(17(16)22)31-18-12(2-1-7-24-18)14-5-8-25-19(27-14)26-11-6-9-28(10-11)20(29)30/h1-5,7-8,11H,6,9-10,23H2,(H,29,30)(H,25,26,27)/t11-/m0/s1. The van der Waals surface area contributed by atoms with Crippen LogP contribution >= 0.6 is 0 Å². The Kier molecular flexibility index (Phi) is 5.48. The van der Waals surface area contributed by atoms with Crippen LogP contribution in [0.5, 0.6) is 11.6 Å². The molecule has 2 aromatic heterocycles. The van der Waals surface area contributed by atoms with E-state index in [0.717, 1.165) is 0 Å². The number of aromatic nitrogens is 3. The number of nitrogens with two attached hydrogens (primary N) is 1. The van der Waals surface area contributed by atoms with Gasteiger partial charge in [-0.25, -0.2) is 24.1 Å². The molecule has 1 aliphatic heterocycles. The molecule has 9 nitrogen and oxygen atoms in total. The van der Waals surface area contributed by atoms with E-state index in [0.29, 0.717) is 36.7 Å². The SMILES string of the molecule is Nc1ccc(Oc2ncccc2-c2ccnc(N[C@H]3CCN(C(=O)O)C3)n2)c(F)c1F. The molecule has 4 rings (SSSR count). The molecule has 3 heterocycles. The van der Waals surface area contributed by atoms with Crippen LogP contribution in [0.3, 0.4) is 0 Å². The molecule has 1 aromatic carbocycles. The number of nitrogens with zero attached hydrogens (tertiary/aromatic N) is 4. The number of ether oxygens (including phenoxy) is 1. The van der Waals surface area contributed by atoms with Gasteiger partial charge >= 0.3 is 6.09 Å². The van der Waals surface area contributed by atoms with Crippen LogP contribution in [-0.2, 0) is 0 Å². The lowest BCUT2D eigenvalue weighted by molar-refractivity contribution is 0.155. The zero-order valence-electron chi connectivity index (χ0n) is 16.1. The first-order valence-corrected chi connectivity index (χ1v) is 9.36. The first-order chi connectivity index (χ1) is 14.9. The number of amides is 1. The third-order valence-electron chi connectivity index (χ3n) is 4.78. The van der Waals surface area contributed by atoms with Crippen molar-refractivity contribution in [3.05, 3.63) is 54.4 Å². The largest absolute Gasteiger partial charge is 0.465 e. The number of hydrogen-bond acceptors (Lipinski definition) is 7.